The molecule has 36 heavy (non-hydrogen) atoms. The lowest BCUT2D eigenvalue weighted by atomic mass is 10.1. The zero-order valence-corrected chi connectivity index (χ0v) is 21.2. The summed E-state index contributed by atoms with van der Waals surface area (Å²) in [4.78, 5) is 24.9. The number of benzene rings is 4. The van der Waals surface area contributed by atoms with Crippen molar-refractivity contribution in [1.29, 1.82) is 0 Å². The van der Waals surface area contributed by atoms with E-state index in [0.717, 1.165) is 21.2 Å². The number of rotatable bonds is 8. The first-order valence-corrected chi connectivity index (χ1v) is 12.0. The van der Waals surface area contributed by atoms with Gasteiger partial charge < -0.3 is 10.1 Å². The Morgan fingerprint density at radius 1 is 0.861 bits per heavy atom. The van der Waals surface area contributed by atoms with E-state index in [1.807, 2.05) is 67.6 Å². The molecule has 0 aliphatic carbocycles. The third-order valence-corrected chi connectivity index (χ3v) is 5.78. The Balaban J connectivity index is 1.33. The van der Waals surface area contributed by atoms with E-state index < -0.39 is 0 Å². The summed E-state index contributed by atoms with van der Waals surface area (Å²) < 4.78 is 6.93. The lowest BCUT2D eigenvalue weighted by molar-refractivity contribution is 0.0954. The number of ether oxygens (including phenoxy) is 1. The summed E-state index contributed by atoms with van der Waals surface area (Å²) in [5, 5.41) is 6.91. The summed E-state index contributed by atoms with van der Waals surface area (Å²) in [6, 6.07) is 29.3. The fourth-order valence-corrected chi connectivity index (χ4v) is 3.79. The zero-order valence-electron chi connectivity index (χ0n) is 19.6. The lowest BCUT2D eigenvalue weighted by Crippen LogP contribution is -2.18. The van der Waals surface area contributed by atoms with Crippen molar-refractivity contribution in [3.8, 4) is 5.75 Å². The molecule has 0 atom stereocenters. The van der Waals surface area contributed by atoms with E-state index in [1.165, 1.54) is 0 Å². The monoisotopic (exact) mass is 541 g/mol. The van der Waals surface area contributed by atoms with Gasteiger partial charge in [-0.3, -0.25) is 9.59 Å². The van der Waals surface area contributed by atoms with Crippen LogP contribution in [0.4, 0.5) is 5.69 Å². The van der Waals surface area contributed by atoms with Crippen molar-refractivity contribution in [2.45, 2.75) is 13.5 Å². The molecule has 0 radical (unpaired) electrons. The van der Waals surface area contributed by atoms with E-state index in [2.05, 4.69) is 31.8 Å². The first-order valence-electron chi connectivity index (χ1n) is 11.3. The third-order valence-electron chi connectivity index (χ3n) is 5.29. The summed E-state index contributed by atoms with van der Waals surface area (Å²) in [6.45, 7) is 2.37. The lowest BCUT2D eigenvalue weighted by Gasteiger charge is -2.09. The number of anilines is 1. The van der Waals surface area contributed by atoms with Gasteiger partial charge in [0.05, 0.1) is 6.21 Å². The van der Waals surface area contributed by atoms with Crippen LogP contribution in [0.25, 0.3) is 0 Å². The smallest absolute Gasteiger partial charge is 0.271 e. The molecule has 0 unspecified atom stereocenters. The van der Waals surface area contributed by atoms with E-state index in [0.29, 0.717) is 29.2 Å². The highest BCUT2D eigenvalue weighted by Crippen LogP contribution is 2.19. The minimum atomic E-state index is -0.366. The summed E-state index contributed by atoms with van der Waals surface area (Å²) >= 11 is 3.46. The molecule has 0 saturated carbocycles. The first kappa shape index (κ1) is 24.9. The molecule has 0 aliphatic heterocycles. The zero-order chi connectivity index (χ0) is 25.3. The van der Waals surface area contributed by atoms with E-state index >= 15 is 0 Å². The van der Waals surface area contributed by atoms with Crippen LogP contribution in [0.1, 0.15) is 37.4 Å². The molecule has 4 aromatic rings. The average Bonchev–Trinajstić information content (AvgIpc) is 2.89. The van der Waals surface area contributed by atoms with E-state index in [4.69, 9.17) is 4.74 Å². The Hall–Kier alpha value is -4.23. The van der Waals surface area contributed by atoms with Crippen molar-refractivity contribution in [2.24, 2.45) is 5.10 Å². The summed E-state index contributed by atoms with van der Waals surface area (Å²) in [5.41, 5.74) is 6.96. The minimum Gasteiger partial charge on any atom is -0.488 e. The second-order valence-electron chi connectivity index (χ2n) is 8.05. The molecule has 0 bridgehead atoms. The van der Waals surface area contributed by atoms with Crippen molar-refractivity contribution in [3.63, 3.8) is 0 Å². The van der Waals surface area contributed by atoms with Gasteiger partial charge in [0.1, 0.15) is 12.4 Å². The SMILES string of the molecule is Cc1ccc(C(=O)Nc2ccc(C(=O)NN=Cc3ccccc3OCc3cccc(Br)c3)cc2)cc1. The number of carbonyl (C=O) groups is 2. The van der Waals surface area contributed by atoms with Gasteiger partial charge >= 0.3 is 0 Å². The largest absolute Gasteiger partial charge is 0.488 e. The topological polar surface area (TPSA) is 79.8 Å². The molecule has 180 valence electrons. The Morgan fingerprint density at radius 2 is 1.56 bits per heavy atom. The number of para-hydroxylation sites is 1. The van der Waals surface area contributed by atoms with Crippen LogP contribution >= 0.6 is 15.9 Å². The van der Waals surface area contributed by atoms with E-state index in [-0.39, 0.29) is 11.8 Å². The Labute approximate surface area is 218 Å². The molecule has 4 aromatic carbocycles. The molecule has 0 aromatic heterocycles. The van der Waals surface area contributed by atoms with Crippen molar-refractivity contribution in [3.05, 3.63) is 129 Å². The van der Waals surface area contributed by atoms with Gasteiger partial charge in [-0.25, -0.2) is 5.43 Å². The van der Waals surface area contributed by atoms with Crippen molar-refractivity contribution in [1.82, 2.24) is 5.43 Å². The van der Waals surface area contributed by atoms with Crippen LogP contribution in [0.3, 0.4) is 0 Å². The number of hydrazone groups is 1. The molecule has 6 nitrogen and oxygen atoms in total. The molecule has 0 fully saturated rings. The number of amides is 2. The number of hydrogen-bond acceptors (Lipinski definition) is 4. The maximum Gasteiger partial charge on any atom is 0.271 e. The van der Waals surface area contributed by atoms with Gasteiger partial charge in [-0.2, -0.15) is 5.10 Å². The Morgan fingerprint density at radius 3 is 2.31 bits per heavy atom. The first-order chi connectivity index (χ1) is 17.5. The van der Waals surface area contributed by atoms with Gasteiger partial charge in [0.15, 0.2) is 0 Å². The third kappa shape index (κ3) is 6.90. The Kier molecular flexibility index (Phi) is 8.26. The van der Waals surface area contributed by atoms with E-state index in [9.17, 15) is 9.59 Å². The van der Waals surface area contributed by atoms with Crippen LogP contribution < -0.4 is 15.5 Å². The second-order valence-corrected chi connectivity index (χ2v) is 8.97. The van der Waals surface area contributed by atoms with Crippen molar-refractivity contribution < 1.29 is 14.3 Å². The van der Waals surface area contributed by atoms with Crippen LogP contribution in [0.5, 0.6) is 5.75 Å². The van der Waals surface area contributed by atoms with Gasteiger partial charge in [-0.05, 0) is 73.2 Å². The summed E-state index contributed by atoms with van der Waals surface area (Å²) in [6.07, 6.45) is 1.55. The standard InChI is InChI=1S/C29H24BrN3O3/c1-20-9-11-22(12-10-20)28(34)32-26-15-13-23(14-16-26)29(35)33-31-18-24-6-2-3-8-27(24)36-19-21-5-4-7-25(30)17-21/h2-18H,19H2,1H3,(H,32,34)(H,33,35). The van der Waals surface area contributed by atoms with E-state index in [1.54, 1.807) is 42.6 Å². The minimum absolute atomic E-state index is 0.211. The van der Waals surface area contributed by atoms with Crippen molar-refractivity contribution >= 4 is 39.6 Å². The number of hydrogen-bond donors (Lipinski definition) is 2. The number of nitrogens with zero attached hydrogens (tertiary/aromatic N) is 1. The molecule has 7 heteroatoms. The molecule has 0 saturated heterocycles. The second kappa shape index (κ2) is 12.0. The quantitative estimate of drug-likeness (QED) is 0.201. The Bertz CT molecular complexity index is 1380. The van der Waals surface area contributed by atoms with Crippen LogP contribution in [-0.2, 0) is 6.61 Å². The number of halogens is 1. The van der Waals surface area contributed by atoms with Crippen LogP contribution in [0, 0.1) is 6.92 Å². The van der Waals surface area contributed by atoms with Gasteiger partial charge in [0.25, 0.3) is 11.8 Å². The van der Waals surface area contributed by atoms with Crippen LogP contribution in [0.15, 0.2) is 107 Å². The molecule has 0 heterocycles. The van der Waals surface area contributed by atoms with Crippen LogP contribution in [-0.4, -0.2) is 18.0 Å². The predicted octanol–water partition coefficient (Wildman–Crippen LogP) is 6.35. The highest BCUT2D eigenvalue weighted by atomic mass is 79.9. The van der Waals surface area contributed by atoms with Gasteiger partial charge in [0.2, 0.25) is 0 Å². The highest BCUT2D eigenvalue weighted by molar-refractivity contribution is 9.10. The molecule has 4 rings (SSSR count). The molecular weight excluding hydrogens is 518 g/mol. The maximum absolute atomic E-state index is 12.5. The predicted molar refractivity (Wildman–Crippen MR) is 146 cm³/mol. The number of nitrogens with one attached hydrogen (secondary N) is 2. The number of aryl methyl sites for hydroxylation is 1. The fraction of sp³-hybridized carbons (Fsp3) is 0.0690. The van der Waals surface area contributed by atoms with Crippen molar-refractivity contribution in [2.75, 3.05) is 5.32 Å². The number of carbonyl (C=O) groups excluding carboxylic acids is 2. The molecule has 0 aliphatic rings. The van der Waals surface area contributed by atoms with Gasteiger partial charge in [-0.15, -0.1) is 0 Å². The normalized spacial score (nSPS) is 10.7. The van der Waals surface area contributed by atoms with Crippen LogP contribution in [0.2, 0.25) is 0 Å². The molecule has 2 amide bonds. The molecule has 0 spiro atoms. The van der Waals surface area contributed by atoms with Gasteiger partial charge in [-0.1, -0.05) is 57.9 Å². The fourth-order valence-electron chi connectivity index (χ4n) is 3.34. The maximum atomic E-state index is 12.5. The average molecular weight is 542 g/mol. The van der Waals surface area contributed by atoms with Gasteiger partial charge in [0, 0.05) is 26.9 Å². The summed E-state index contributed by atoms with van der Waals surface area (Å²) in [5.74, 6) is 0.0805. The summed E-state index contributed by atoms with van der Waals surface area (Å²) in [7, 11) is 0. The molecular formula is C29H24BrN3O3. The molecule has 2 N–H and O–H groups in total. The highest BCUT2D eigenvalue weighted by Gasteiger charge is 2.08.